The van der Waals surface area contributed by atoms with Crippen LogP contribution < -0.4 is 10.1 Å². The second-order valence-corrected chi connectivity index (χ2v) is 12.5. The summed E-state index contributed by atoms with van der Waals surface area (Å²) in [5.74, 6) is 2.58. The summed E-state index contributed by atoms with van der Waals surface area (Å²) >= 11 is 1.76. The standard InChI is InChI=1S/C15H24N2O2S.C9H16.C8H14O2.C2H6.C2H2.CH3NO/c1-13(2)11-17(10-4-9-16-12-18)20-15-7-5-14(19-3)6-8-15;1-5-9(4)7-6-8(2)3;1-6-5-7-3-4-9-8(7,2)10-6;2*1-2;1-2-3/h5-8,12-13H,4,9-11H2,1-3H3,(H,16,18);5-8H,1-4H3;6-7H,3-5H2,1-2H3;1-2H3;1-2H;1H3/b;7-6-,9-5-;;;;. The number of nitroso groups, excluding NO2 is 1. The highest BCUT2D eigenvalue weighted by Gasteiger charge is 2.47. The zero-order valence-electron chi connectivity index (χ0n) is 30.9. The van der Waals surface area contributed by atoms with E-state index in [1.54, 1.807) is 19.1 Å². The van der Waals surface area contributed by atoms with E-state index in [0.29, 0.717) is 23.9 Å². The molecular weight excluding hydrogens is 598 g/mol. The topological polar surface area (TPSA) is 89.5 Å². The fourth-order valence-electron chi connectivity index (χ4n) is 4.32. The Morgan fingerprint density at radius 1 is 1.22 bits per heavy atom. The van der Waals surface area contributed by atoms with E-state index >= 15 is 0 Å². The van der Waals surface area contributed by atoms with Crippen molar-refractivity contribution in [1.29, 1.82) is 0 Å². The van der Waals surface area contributed by atoms with Crippen LogP contribution >= 0.6 is 11.9 Å². The van der Waals surface area contributed by atoms with Gasteiger partial charge in [0.25, 0.3) is 0 Å². The molecule has 3 atom stereocenters. The number of fused-ring (bicyclic) bond motifs is 1. The Hall–Kier alpha value is -2.64. The van der Waals surface area contributed by atoms with Crippen LogP contribution in [0.25, 0.3) is 0 Å². The van der Waals surface area contributed by atoms with Crippen LogP contribution in [0.15, 0.2) is 58.1 Å². The monoisotopic (exact) mass is 663 g/mol. The molecule has 1 aromatic carbocycles. The Bertz CT molecular complexity index is 950. The first-order chi connectivity index (χ1) is 21.9. The van der Waals surface area contributed by atoms with Crippen LogP contribution in [-0.2, 0) is 14.3 Å². The fraction of sp³-hybridized carbons (Fsp3) is 0.649. The largest absolute Gasteiger partial charge is 0.497 e. The second kappa shape index (κ2) is 31.0. The number of hydrogen-bond acceptors (Lipinski definition) is 8. The van der Waals surface area contributed by atoms with Crippen molar-refractivity contribution >= 4 is 18.4 Å². The third-order valence-corrected chi connectivity index (χ3v) is 7.60. The first kappa shape index (κ1) is 47.8. The lowest BCUT2D eigenvalue weighted by Gasteiger charge is -2.23. The van der Waals surface area contributed by atoms with Crippen LogP contribution in [-0.4, -0.2) is 63.0 Å². The van der Waals surface area contributed by atoms with Gasteiger partial charge in [0.1, 0.15) is 5.75 Å². The summed E-state index contributed by atoms with van der Waals surface area (Å²) < 4.78 is 18.7. The molecule has 8 nitrogen and oxygen atoms in total. The summed E-state index contributed by atoms with van der Waals surface area (Å²) in [5, 5.41) is 4.95. The van der Waals surface area contributed by atoms with E-state index in [9.17, 15) is 4.79 Å². The Morgan fingerprint density at radius 2 is 1.80 bits per heavy atom. The highest BCUT2D eigenvalue weighted by atomic mass is 32.2. The quantitative estimate of drug-likeness (QED) is 0.0596. The third-order valence-electron chi connectivity index (χ3n) is 6.52. The molecule has 1 amide bonds. The van der Waals surface area contributed by atoms with Crippen molar-refractivity contribution in [3.05, 3.63) is 53.0 Å². The number of carbonyl (C=O) groups is 1. The van der Waals surface area contributed by atoms with Gasteiger partial charge in [-0.3, -0.25) is 4.79 Å². The molecule has 0 aliphatic carbocycles. The molecule has 2 fully saturated rings. The van der Waals surface area contributed by atoms with Crippen molar-refractivity contribution < 1.29 is 19.0 Å². The molecule has 2 aliphatic rings. The highest BCUT2D eigenvalue weighted by molar-refractivity contribution is 7.97. The minimum absolute atomic E-state index is 0.223. The average Bonchev–Trinajstić information content (AvgIpc) is 3.53. The SMILES string of the molecule is C#C.C/C=C(C)\C=C/C(C)C.CC.CC1CC2CCOC2(C)O1.CN=O.COc1ccc(SN(CCCNC=O)CC(C)C)cc1. The van der Waals surface area contributed by atoms with Gasteiger partial charge in [-0.25, -0.2) is 4.31 Å². The first-order valence-corrected chi connectivity index (χ1v) is 17.1. The van der Waals surface area contributed by atoms with E-state index in [4.69, 9.17) is 19.1 Å². The van der Waals surface area contributed by atoms with E-state index in [1.165, 1.54) is 30.4 Å². The lowest BCUT2D eigenvalue weighted by molar-refractivity contribution is -0.197. The summed E-state index contributed by atoms with van der Waals surface area (Å²) in [5.41, 5.74) is 1.34. The number of ether oxygens (including phenoxy) is 3. The van der Waals surface area contributed by atoms with Gasteiger partial charge < -0.3 is 19.5 Å². The maximum absolute atomic E-state index is 10.2. The van der Waals surface area contributed by atoms with Crippen molar-refractivity contribution in [3.8, 4) is 18.6 Å². The van der Waals surface area contributed by atoms with Crippen molar-refractivity contribution in [2.45, 2.75) is 105 Å². The van der Waals surface area contributed by atoms with Gasteiger partial charge in [0.2, 0.25) is 6.41 Å². The minimum atomic E-state index is -0.223. The zero-order valence-corrected chi connectivity index (χ0v) is 31.7. The van der Waals surface area contributed by atoms with Gasteiger partial charge in [0, 0.05) is 30.4 Å². The molecule has 9 heteroatoms. The number of allylic oxidation sites excluding steroid dienone is 4. The van der Waals surface area contributed by atoms with Crippen LogP contribution in [0.5, 0.6) is 5.75 Å². The van der Waals surface area contributed by atoms with E-state index in [1.807, 2.05) is 26.0 Å². The van der Waals surface area contributed by atoms with Gasteiger partial charge in [-0.05, 0) is 95.0 Å². The molecule has 0 radical (unpaired) electrons. The van der Waals surface area contributed by atoms with Crippen molar-refractivity contribution in [2.75, 3.05) is 40.4 Å². The maximum atomic E-state index is 10.2. The number of benzene rings is 1. The molecule has 0 saturated carbocycles. The Balaban J connectivity index is -0.000000595. The maximum Gasteiger partial charge on any atom is 0.207 e. The van der Waals surface area contributed by atoms with Crippen molar-refractivity contribution in [3.63, 3.8) is 0 Å². The number of nitrogens with one attached hydrogen (secondary N) is 1. The van der Waals surface area contributed by atoms with E-state index < -0.39 is 0 Å². The first-order valence-electron chi connectivity index (χ1n) is 16.4. The number of carbonyl (C=O) groups excluding carboxylic acids is 1. The van der Waals surface area contributed by atoms with E-state index in [0.717, 1.165) is 44.8 Å². The minimum Gasteiger partial charge on any atom is -0.497 e. The van der Waals surface area contributed by atoms with Crippen LogP contribution in [0.3, 0.4) is 0 Å². The molecule has 3 rings (SSSR count). The molecule has 1 aromatic rings. The number of rotatable bonds is 12. The molecule has 2 heterocycles. The van der Waals surface area contributed by atoms with Gasteiger partial charge in [-0.15, -0.1) is 12.8 Å². The van der Waals surface area contributed by atoms with Gasteiger partial charge >= 0.3 is 0 Å². The van der Waals surface area contributed by atoms with Crippen molar-refractivity contribution in [2.24, 2.45) is 22.9 Å². The number of terminal acetylenes is 1. The summed E-state index contributed by atoms with van der Waals surface area (Å²) in [6.07, 6.45) is 18.9. The summed E-state index contributed by atoms with van der Waals surface area (Å²) in [6.45, 7) is 24.7. The number of amides is 1. The highest BCUT2D eigenvalue weighted by Crippen LogP contribution is 2.43. The number of hydrogen-bond donors (Lipinski definition) is 1. The third kappa shape index (κ3) is 24.6. The Morgan fingerprint density at radius 3 is 2.26 bits per heavy atom. The number of nitrogens with zero attached hydrogens (tertiary/aromatic N) is 2. The molecule has 0 spiro atoms. The molecule has 264 valence electrons. The van der Waals surface area contributed by atoms with Gasteiger partial charge in [-0.1, -0.05) is 70.5 Å². The van der Waals surface area contributed by atoms with Crippen LogP contribution in [0.1, 0.15) is 88.5 Å². The molecular formula is C37H65N3O5S. The van der Waals surface area contributed by atoms with Crippen LogP contribution in [0, 0.1) is 35.5 Å². The zero-order chi connectivity index (χ0) is 36.0. The van der Waals surface area contributed by atoms with Crippen molar-refractivity contribution in [1.82, 2.24) is 9.62 Å². The predicted octanol–water partition coefficient (Wildman–Crippen LogP) is 9.17. The van der Waals surface area contributed by atoms with Gasteiger partial charge in [-0.2, -0.15) is 4.91 Å². The molecule has 0 bridgehead atoms. The summed E-state index contributed by atoms with van der Waals surface area (Å²) in [6, 6.07) is 8.09. The molecule has 46 heavy (non-hydrogen) atoms. The smallest absolute Gasteiger partial charge is 0.207 e. The lowest BCUT2D eigenvalue weighted by Crippen LogP contribution is -2.28. The van der Waals surface area contributed by atoms with E-state index in [-0.39, 0.29) is 5.79 Å². The summed E-state index contributed by atoms with van der Waals surface area (Å²) in [7, 11) is 2.87. The van der Waals surface area contributed by atoms with Crippen LogP contribution in [0.2, 0.25) is 0 Å². The van der Waals surface area contributed by atoms with Crippen LogP contribution in [0.4, 0.5) is 0 Å². The summed E-state index contributed by atoms with van der Waals surface area (Å²) in [4.78, 5) is 20.0. The predicted molar refractivity (Wildman–Crippen MR) is 198 cm³/mol. The average molecular weight is 664 g/mol. The van der Waals surface area contributed by atoms with E-state index in [2.05, 4.69) is 113 Å². The normalized spacial score (nSPS) is 19.5. The fourth-order valence-corrected chi connectivity index (χ4v) is 5.47. The molecule has 2 aliphatic heterocycles. The second-order valence-electron chi connectivity index (χ2n) is 11.3. The Labute approximate surface area is 286 Å². The Kier molecular flexibility index (Phi) is 32.2. The molecule has 0 aromatic heterocycles. The molecule has 2 saturated heterocycles. The molecule has 3 unspecified atom stereocenters. The lowest BCUT2D eigenvalue weighted by atomic mass is 9.97. The van der Waals surface area contributed by atoms with Gasteiger partial charge in [0.15, 0.2) is 5.79 Å². The van der Waals surface area contributed by atoms with Gasteiger partial charge in [0.05, 0.1) is 26.9 Å². The molecule has 1 N–H and O–H groups in total. The number of methoxy groups -OCH3 is 1.